The van der Waals surface area contributed by atoms with Gasteiger partial charge in [0.1, 0.15) is 11.4 Å². The standard InChI is InChI=1S/C22H21N3O4/c1-14-5-3-4-6-18(14)20-12-21(22(26)27)25(23-20)13-17-11-19(24-29-17)15-7-9-16(28-2)10-8-15/h3-10,12,17H,11,13H2,1-2H3,(H,26,27). The van der Waals surface area contributed by atoms with E-state index in [0.29, 0.717) is 18.7 Å². The average Bonchev–Trinajstić information content (AvgIpc) is 3.36. The Morgan fingerprint density at radius 3 is 2.69 bits per heavy atom. The molecule has 1 atom stereocenters. The van der Waals surface area contributed by atoms with Gasteiger partial charge in [0.05, 0.1) is 25.1 Å². The van der Waals surface area contributed by atoms with Gasteiger partial charge in [-0.25, -0.2) is 4.79 Å². The van der Waals surface area contributed by atoms with Gasteiger partial charge in [-0.15, -0.1) is 0 Å². The van der Waals surface area contributed by atoms with Crippen molar-refractivity contribution in [3.05, 3.63) is 71.4 Å². The molecule has 3 aromatic rings. The number of carboxylic acid groups (broad SMARTS) is 1. The minimum absolute atomic E-state index is 0.129. The fraction of sp³-hybridized carbons (Fsp3) is 0.227. The number of rotatable bonds is 6. The van der Waals surface area contributed by atoms with Crippen LogP contribution in [0.4, 0.5) is 0 Å². The summed E-state index contributed by atoms with van der Waals surface area (Å²) in [4.78, 5) is 17.3. The fourth-order valence-corrected chi connectivity index (χ4v) is 3.39. The lowest BCUT2D eigenvalue weighted by Crippen LogP contribution is -2.21. The van der Waals surface area contributed by atoms with Gasteiger partial charge in [-0.05, 0) is 48.4 Å². The predicted molar refractivity (Wildman–Crippen MR) is 108 cm³/mol. The first kappa shape index (κ1) is 18.7. The highest BCUT2D eigenvalue weighted by Crippen LogP contribution is 2.25. The van der Waals surface area contributed by atoms with Crippen molar-refractivity contribution >= 4 is 11.7 Å². The van der Waals surface area contributed by atoms with Crippen molar-refractivity contribution in [3.8, 4) is 17.0 Å². The molecule has 0 saturated carbocycles. The van der Waals surface area contributed by atoms with Crippen molar-refractivity contribution in [3.63, 3.8) is 0 Å². The lowest BCUT2D eigenvalue weighted by atomic mass is 10.0. The van der Waals surface area contributed by atoms with Gasteiger partial charge in [0.15, 0.2) is 6.10 Å². The fourth-order valence-electron chi connectivity index (χ4n) is 3.39. The van der Waals surface area contributed by atoms with Gasteiger partial charge < -0.3 is 14.7 Å². The summed E-state index contributed by atoms with van der Waals surface area (Å²) >= 11 is 0. The molecule has 0 amide bonds. The number of ether oxygens (including phenoxy) is 1. The van der Waals surface area contributed by atoms with E-state index in [4.69, 9.17) is 9.57 Å². The lowest BCUT2D eigenvalue weighted by molar-refractivity contribution is 0.0617. The first-order chi connectivity index (χ1) is 14.0. The van der Waals surface area contributed by atoms with Crippen LogP contribution in [0.5, 0.6) is 5.75 Å². The number of methoxy groups -OCH3 is 1. The van der Waals surface area contributed by atoms with Gasteiger partial charge in [0.25, 0.3) is 0 Å². The van der Waals surface area contributed by atoms with Crippen LogP contribution in [0.25, 0.3) is 11.3 Å². The number of hydrogen-bond acceptors (Lipinski definition) is 5. The summed E-state index contributed by atoms with van der Waals surface area (Å²) < 4.78 is 6.66. The summed E-state index contributed by atoms with van der Waals surface area (Å²) in [5.41, 5.74) is 4.49. The molecule has 7 heteroatoms. The van der Waals surface area contributed by atoms with Crippen molar-refractivity contribution in [2.75, 3.05) is 7.11 Å². The van der Waals surface area contributed by atoms with Gasteiger partial charge in [-0.3, -0.25) is 4.68 Å². The Balaban J connectivity index is 1.52. The van der Waals surface area contributed by atoms with E-state index in [1.807, 2.05) is 55.5 Å². The molecule has 0 bridgehead atoms. The van der Waals surface area contributed by atoms with E-state index < -0.39 is 5.97 Å². The molecular formula is C22H21N3O4. The number of oxime groups is 1. The molecule has 0 spiro atoms. The number of aryl methyl sites for hydroxylation is 1. The summed E-state index contributed by atoms with van der Waals surface area (Å²) in [6, 6.07) is 17.0. The van der Waals surface area contributed by atoms with Crippen molar-refractivity contribution in [2.24, 2.45) is 5.16 Å². The molecule has 2 aromatic carbocycles. The monoisotopic (exact) mass is 391 g/mol. The topological polar surface area (TPSA) is 85.9 Å². The van der Waals surface area contributed by atoms with Gasteiger partial charge >= 0.3 is 5.97 Å². The highest BCUT2D eigenvalue weighted by atomic mass is 16.6. The molecule has 1 unspecified atom stereocenters. The van der Waals surface area contributed by atoms with Crippen LogP contribution >= 0.6 is 0 Å². The SMILES string of the molecule is COc1ccc(C2=NOC(Cn3nc(-c4ccccc4C)cc3C(=O)O)C2)cc1. The zero-order valence-electron chi connectivity index (χ0n) is 16.2. The Morgan fingerprint density at radius 2 is 2.00 bits per heavy atom. The van der Waals surface area contributed by atoms with E-state index in [9.17, 15) is 9.90 Å². The maximum Gasteiger partial charge on any atom is 0.354 e. The van der Waals surface area contributed by atoms with E-state index in [1.165, 1.54) is 4.68 Å². The number of nitrogens with zero attached hydrogens (tertiary/aromatic N) is 3. The quantitative estimate of drug-likeness (QED) is 0.691. The molecule has 1 N–H and O–H groups in total. The number of carboxylic acids is 1. The summed E-state index contributed by atoms with van der Waals surface area (Å²) in [6.45, 7) is 2.28. The summed E-state index contributed by atoms with van der Waals surface area (Å²) in [5.74, 6) is -0.247. The first-order valence-corrected chi connectivity index (χ1v) is 9.29. The highest BCUT2D eigenvalue weighted by molar-refractivity contribution is 6.01. The van der Waals surface area contributed by atoms with E-state index in [-0.39, 0.29) is 11.8 Å². The molecule has 2 heterocycles. The summed E-state index contributed by atoms with van der Waals surface area (Å²) in [7, 11) is 1.62. The van der Waals surface area contributed by atoms with Gasteiger partial charge in [-0.1, -0.05) is 29.4 Å². The molecule has 0 aliphatic carbocycles. The smallest absolute Gasteiger partial charge is 0.354 e. The van der Waals surface area contributed by atoms with E-state index in [1.54, 1.807) is 13.2 Å². The summed E-state index contributed by atoms with van der Waals surface area (Å²) in [6.07, 6.45) is 0.292. The second-order valence-electron chi connectivity index (χ2n) is 6.92. The van der Waals surface area contributed by atoms with Crippen molar-refractivity contribution in [1.82, 2.24) is 9.78 Å². The van der Waals surface area contributed by atoms with Crippen molar-refractivity contribution in [1.29, 1.82) is 0 Å². The molecule has 1 aliphatic heterocycles. The van der Waals surface area contributed by atoms with Crippen LogP contribution in [-0.4, -0.2) is 39.8 Å². The molecule has 1 aromatic heterocycles. The lowest BCUT2D eigenvalue weighted by Gasteiger charge is -2.10. The van der Waals surface area contributed by atoms with Crippen LogP contribution in [-0.2, 0) is 11.4 Å². The Morgan fingerprint density at radius 1 is 1.24 bits per heavy atom. The average molecular weight is 391 g/mol. The van der Waals surface area contributed by atoms with Crippen LogP contribution in [0.2, 0.25) is 0 Å². The molecule has 0 fully saturated rings. The number of aromatic carboxylic acids is 1. The second kappa shape index (κ2) is 7.79. The van der Waals surface area contributed by atoms with E-state index in [2.05, 4.69) is 10.3 Å². The zero-order valence-corrected chi connectivity index (χ0v) is 16.2. The Bertz CT molecular complexity index is 1070. The molecule has 0 saturated heterocycles. The number of hydrogen-bond donors (Lipinski definition) is 1. The first-order valence-electron chi connectivity index (χ1n) is 9.29. The molecule has 29 heavy (non-hydrogen) atoms. The van der Waals surface area contributed by atoms with Crippen LogP contribution in [0.1, 0.15) is 28.0 Å². The zero-order chi connectivity index (χ0) is 20.4. The van der Waals surface area contributed by atoms with Crippen LogP contribution in [0.15, 0.2) is 59.8 Å². The van der Waals surface area contributed by atoms with Crippen LogP contribution in [0, 0.1) is 6.92 Å². The third kappa shape index (κ3) is 3.85. The molecule has 7 nitrogen and oxygen atoms in total. The normalized spacial score (nSPS) is 15.7. The van der Waals surface area contributed by atoms with Gasteiger partial charge in [0.2, 0.25) is 0 Å². The molecular weight excluding hydrogens is 370 g/mol. The predicted octanol–water partition coefficient (Wildman–Crippen LogP) is 3.76. The number of aromatic nitrogens is 2. The Kier molecular flexibility index (Phi) is 5.03. The molecule has 4 rings (SSSR count). The third-order valence-corrected chi connectivity index (χ3v) is 4.95. The summed E-state index contributed by atoms with van der Waals surface area (Å²) in [5, 5.41) is 18.3. The largest absolute Gasteiger partial charge is 0.497 e. The van der Waals surface area contributed by atoms with E-state index in [0.717, 1.165) is 28.2 Å². The third-order valence-electron chi connectivity index (χ3n) is 4.95. The second-order valence-corrected chi connectivity index (χ2v) is 6.92. The molecule has 1 aliphatic rings. The van der Waals surface area contributed by atoms with Crippen LogP contribution in [0.3, 0.4) is 0 Å². The van der Waals surface area contributed by atoms with Gasteiger partial charge in [-0.2, -0.15) is 5.10 Å². The maximum atomic E-state index is 11.7. The molecule has 148 valence electrons. The maximum absolute atomic E-state index is 11.7. The number of carbonyl (C=O) groups is 1. The van der Waals surface area contributed by atoms with Gasteiger partial charge in [0, 0.05) is 12.0 Å². The van der Waals surface area contributed by atoms with Crippen LogP contribution < -0.4 is 4.74 Å². The van der Waals surface area contributed by atoms with E-state index >= 15 is 0 Å². The minimum atomic E-state index is -1.02. The Labute approximate surface area is 168 Å². The number of benzene rings is 2. The minimum Gasteiger partial charge on any atom is -0.497 e. The van der Waals surface area contributed by atoms with Crippen molar-refractivity contribution < 1.29 is 19.5 Å². The van der Waals surface area contributed by atoms with Crippen molar-refractivity contribution in [2.45, 2.75) is 26.0 Å². The Hall–Kier alpha value is -3.61. The molecule has 0 radical (unpaired) electrons. The highest BCUT2D eigenvalue weighted by Gasteiger charge is 2.26.